The van der Waals surface area contributed by atoms with E-state index in [-0.39, 0.29) is 29.1 Å². The first-order chi connectivity index (χ1) is 9.56. The summed E-state index contributed by atoms with van der Waals surface area (Å²) in [7, 11) is 0. The number of rotatable bonds is 5. The van der Waals surface area contributed by atoms with Gasteiger partial charge >= 0.3 is 0 Å². The highest BCUT2D eigenvalue weighted by Gasteiger charge is 2.20. The minimum atomic E-state index is -0.626. The number of ether oxygens (including phenoxy) is 2. The van der Waals surface area contributed by atoms with Crippen LogP contribution >= 0.6 is 11.6 Å². The second-order valence-corrected chi connectivity index (χ2v) is 4.67. The number of halogens is 1. The zero-order valence-electron chi connectivity index (χ0n) is 10.6. The first-order valence-corrected chi connectivity index (χ1v) is 6.40. The van der Waals surface area contributed by atoms with Crippen LogP contribution in [0.1, 0.15) is 16.8 Å². The molecule has 1 aromatic heterocycles. The molecule has 1 unspecified atom stereocenters. The van der Waals surface area contributed by atoms with Gasteiger partial charge in [-0.15, -0.1) is 0 Å². The van der Waals surface area contributed by atoms with E-state index in [1.54, 1.807) is 0 Å². The molecule has 3 N–H and O–H groups in total. The molecule has 1 fully saturated rings. The summed E-state index contributed by atoms with van der Waals surface area (Å²) in [6, 6.07) is 1.43. The lowest BCUT2D eigenvalue weighted by atomic mass is 10.2. The molecule has 0 aliphatic carbocycles. The minimum absolute atomic E-state index is 0.0745. The Kier molecular flexibility index (Phi) is 4.75. The molecule has 0 bridgehead atoms. The van der Waals surface area contributed by atoms with E-state index in [2.05, 4.69) is 10.3 Å². The van der Waals surface area contributed by atoms with Crippen molar-refractivity contribution in [1.82, 2.24) is 10.3 Å². The molecule has 2 rings (SSSR count). The largest absolute Gasteiger partial charge is 0.471 e. The first-order valence-electron chi connectivity index (χ1n) is 6.02. The van der Waals surface area contributed by atoms with E-state index in [4.69, 9.17) is 26.8 Å². The molecule has 1 atom stereocenters. The van der Waals surface area contributed by atoms with Crippen LogP contribution in [0.15, 0.2) is 12.3 Å². The molecule has 0 spiro atoms. The van der Waals surface area contributed by atoms with Gasteiger partial charge in [-0.2, -0.15) is 0 Å². The Morgan fingerprint density at radius 2 is 2.40 bits per heavy atom. The van der Waals surface area contributed by atoms with Crippen LogP contribution in [0.25, 0.3) is 0 Å². The third-order valence-corrected chi connectivity index (χ3v) is 2.93. The number of carbonyl (C=O) groups excluding carboxylic acids is 2. The lowest BCUT2D eigenvalue weighted by Crippen LogP contribution is -2.33. The van der Waals surface area contributed by atoms with E-state index in [9.17, 15) is 9.59 Å². The predicted molar refractivity (Wildman–Crippen MR) is 70.6 cm³/mol. The monoisotopic (exact) mass is 299 g/mol. The molecule has 1 saturated heterocycles. The number of nitrogens with one attached hydrogen (secondary N) is 1. The van der Waals surface area contributed by atoms with Crippen LogP contribution in [-0.2, 0) is 9.53 Å². The summed E-state index contributed by atoms with van der Waals surface area (Å²) in [4.78, 5) is 26.3. The number of aromatic nitrogens is 1. The van der Waals surface area contributed by atoms with Crippen molar-refractivity contribution in [2.75, 3.05) is 19.8 Å². The van der Waals surface area contributed by atoms with E-state index in [1.807, 2.05) is 0 Å². The Labute approximate surface area is 120 Å². The molecule has 20 heavy (non-hydrogen) atoms. The number of pyridine rings is 1. The third-order valence-electron chi connectivity index (χ3n) is 2.66. The fraction of sp³-hybridized carbons (Fsp3) is 0.417. The van der Waals surface area contributed by atoms with Gasteiger partial charge < -0.3 is 20.5 Å². The lowest BCUT2D eigenvalue weighted by molar-refractivity contribution is -0.117. The van der Waals surface area contributed by atoms with Gasteiger partial charge in [0, 0.05) is 12.6 Å². The maximum absolute atomic E-state index is 11.7. The van der Waals surface area contributed by atoms with E-state index in [1.165, 1.54) is 12.3 Å². The van der Waals surface area contributed by atoms with Crippen LogP contribution in [0.4, 0.5) is 0 Å². The summed E-state index contributed by atoms with van der Waals surface area (Å²) >= 11 is 6.01. The van der Waals surface area contributed by atoms with Gasteiger partial charge in [-0.1, -0.05) is 11.6 Å². The smallest absolute Gasteiger partial charge is 0.253 e. The van der Waals surface area contributed by atoms with Gasteiger partial charge in [-0.3, -0.25) is 9.59 Å². The van der Waals surface area contributed by atoms with Gasteiger partial charge in [0.15, 0.2) is 0 Å². The van der Waals surface area contributed by atoms with Crippen molar-refractivity contribution in [2.45, 2.75) is 12.5 Å². The van der Waals surface area contributed by atoms with E-state index in [0.29, 0.717) is 13.2 Å². The van der Waals surface area contributed by atoms with E-state index >= 15 is 0 Å². The summed E-state index contributed by atoms with van der Waals surface area (Å²) in [5.41, 5.74) is 5.17. The summed E-state index contributed by atoms with van der Waals surface area (Å²) < 4.78 is 10.7. The Bertz CT molecular complexity index is 517. The molecule has 2 heterocycles. The van der Waals surface area contributed by atoms with Crippen molar-refractivity contribution in [1.29, 1.82) is 0 Å². The minimum Gasteiger partial charge on any atom is -0.471 e. The zero-order valence-corrected chi connectivity index (χ0v) is 11.4. The van der Waals surface area contributed by atoms with Gasteiger partial charge in [-0.05, 0) is 6.07 Å². The standard InChI is InChI=1S/C12H14ClN3O4/c13-9-3-7(11(18)15-5-10(14)17)4-16-12(9)20-8-1-2-19-6-8/h3-4,8H,1-2,5-6H2,(H2,14,17)(H,15,18). The molecule has 1 aliphatic heterocycles. The number of hydrogen-bond donors (Lipinski definition) is 2. The fourth-order valence-electron chi connectivity index (χ4n) is 1.67. The summed E-state index contributed by atoms with van der Waals surface area (Å²) in [6.45, 7) is 0.906. The van der Waals surface area contributed by atoms with Crippen molar-refractivity contribution < 1.29 is 19.1 Å². The SMILES string of the molecule is NC(=O)CNC(=O)c1cnc(OC2CCOC2)c(Cl)c1. The zero-order chi connectivity index (χ0) is 14.5. The second-order valence-electron chi connectivity index (χ2n) is 4.26. The van der Waals surface area contributed by atoms with E-state index < -0.39 is 11.8 Å². The van der Waals surface area contributed by atoms with E-state index in [0.717, 1.165) is 6.42 Å². The molecule has 0 aromatic carbocycles. The number of hydrogen-bond acceptors (Lipinski definition) is 5. The molecular formula is C12H14ClN3O4. The van der Waals surface area contributed by atoms with Crippen molar-refractivity contribution in [2.24, 2.45) is 5.73 Å². The number of nitrogens with two attached hydrogens (primary N) is 1. The van der Waals surface area contributed by atoms with Crippen molar-refractivity contribution >= 4 is 23.4 Å². The van der Waals surface area contributed by atoms with Crippen LogP contribution in [0.5, 0.6) is 5.88 Å². The highest BCUT2D eigenvalue weighted by atomic mass is 35.5. The molecule has 108 valence electrons. The summed E-state index contributed by atoms with van der Waals surface area (Å²) in [5, 5.41) is 2.57. The quantitative estimate of drug-likeness (QED) is 0.803. The van der Waals surface area contributed by atoms with Gasteiger partial charge in [0.25, 0.3) is 5.91 Å². The van der Waals surface area contributed by atoms with Crippen LogP contribution in [0.2, 0.25) is 5.02 Å². The Morgan fingerprint density at radius 1 is 1.60 bits per heavy atom. The highest BCUT2D eigenvalue weighted by molar-refractivity contribution is 6.32. The van der Waals surface area contributed by atoms with Crippen LogP contribution in [0.3, 0.4) is 0 Å². The van der Waals surface area contributed by atoms with Gasteiger partial charge in [0.05, 0.1) is 25.3 Å². The topological polar surface area (TPSA) is 104 Å². The number of carbonyl (C=O) groups is 2. The van der Waals surface area contributed by atoms with Crippen LogP contribution < -0.4 is 15.8 Å². The molecule has 1 aliphatic rings. The first kappa shape index (κ1) is 14.5. The Balaban J connectivity index is 2.00. The number of primary amides is 1. The molecule has 7 nitrogen and oxygen atoms in total. The summed E-state index contributed by atoms with van der Waals surface area (Å²) in [6.07, 6.45) is 2.03. The Hall–Kier alpha value is -1.86. The van der Waals surface area contributed by atoms with Crippen molar-refractivity contribution in [3.8, 4) is 5.88 Å². The van der Waals surface area contributed by atoms with Gasteiger partial charge in [-0.25, -0.2) is 4.98 Å². The maximum Gasteiger partial charge on any atom is 0.253 e. The highest BCUT2D eigenvalue weighted by Crippen LogP contribution is 2.25. The number of nitrogens with zero attached hydrogens (tertiary/aromatic N) is 1. The number of amides is 2. The lowest BCUT2D eigenvalue weighted by Gasteiger charge is -2.12. The molecule has 0 radical (unpaired) electrons. The molecular weight excluding hydrogens is 286 g/mol. The van der Waals surface area contributed by atoms with Crippen LogP contribution in [-0.4, -0.2) is 42.7 Å². The fourth-order valence-corrected chi connectivity index (χ4v) is 1.88. The second kappa shape index (κ2) is 6.53. The van der Waals surface area contributed by atoms with Crippen LogP contribution in [0, 0.1) is 0 Å². The molecule has 1 aromatic rings. The van der Waals surface area contributed by atoms with Gasteiger partial charge in [0.2, 0.25) is 11.8 Å². The Morgan fingerprint density at radius 3 is 3.00 bits per heavy atom. The maximum atomic E-state index is 11.7. The van der Waals surface area contributed by atoms with Crippen molar-refractivity contribution in [3.05, 3.63) is 22.8 Å². The predicted octanol–water partition coefficient (Wildman–Crippen LogP) is 0.118. The summed E-state index contributed by atoms with van der Waals surface area (Å²) in [5.74, 6) is -0.846. The van der Waals surface area contributed by atoms with Gasteiger partial charge in [0.1, 0.15) is 11.1 Å². The van der Waals surface area contributed by atoms with Crippen molar-refractivity contribution in [3.63, 3.8) is 0 Å². The average Bonchev–Trinajstić information content (AvgIpc) is 2.91. The normalized spacial score (nSPS) is 17.8. The molecule has 2 amide bonds. The molecule has 0 saturated carbocycles. The third kappa shape index (κ3) is 3.82. The molecule has 8 heteroatoms. The average molecular weight is 300 g/mol.